The molecule has 3 rings (SSSR count). The van der Waals surface area contributed by atoms with Crippen molar-refractivity contribution in [1.82, 2.24) is 9.88 Å². The average Bonchev–Trinajstić information content (AvgIpc) is 3.20. The number of aromatic amines is 1. The third-order valence-electron chi connectivity index (χ3n) is 3.68. The van der Waals surface area contributed by atoms with E-state index in [0.29, 0.717) is 16.8 Å². The van der Waals surface area contributed by atoms with Crippen molar-refractivity contribution in [2.24, 2.45) is 0 Å². The van der Waals surface area contributed by atoms with Crippen LogP contribution in [0.15, 0.2) is 42.6 Å². The Morgan fingerprint density at radius 3 is 2.25 bits per heavy atom. The number of hydrogen-bond acceptors (Lipinski definition) is 5. The average molecular weight is 326 g/mol. The number of Topliss-reactive ketones (excluding diaryl/α,β-unsaturated/α-hetero) is 1. The lowest BCUT2D eigenvalue weighted by Gasteiger charge is -2.12. The number of carbonyl (C=O) groups is 4. The smallest absolute Gasteiger partial charge is 0.308 e. The molecule has 2 amide bonds. The fourth-order valence-electron chi connectivity index (χ4n) is 2.45. The largest absolute Gasteiger partial charge is 0.457 e. The van der Waals surface area contributed by atoms with Gasteiger partial charge >= 0.3 is 5.97 Å². The van der Waals surface area contributed by atoms with Gasteiger partial charge in [-0.15, -0.1) is 0 Å². The summed E-state index contributed by atoms with van der Waals surface area (Å²) in [7, 11) is 0. The second-order valence-electron chi connectivity index (χ2n) is 5.23. The first-order valence-electron chi connectivity index (χ1n) is 7.35. The van der Waals surface area contributed by atoms with Gasteiger partial charge in [-0.1, -0.05) is 12.1 Å². The Morgan fingerprint density at radius 1 is 1.00 bits per heavy atom. The van der Waals surface area contributed by atoms with Gasteiger partial charge in [0.1, 0.15) is 0 Å². The highest BCUT2D eigenvalue weighted by Crippen LogP contribution is 2.22. The van der Waals surface area contributed by atoms with Gasteiger partial charge in [-0.3, -0.25) is 24.1 Å². The highest BCUT2D eigenvalue weighted by atomic mass is 16.5. The van der Waals surface area contributed by atoms with Crippen molar-refractivity contribution in [2.75, 3.05) is 13.2 Å². The number of benzene rings is 1. The number of esters is 1. The molecule has 0 spiro atoms. The summed E-state index contributed by atoms with van der Waals surface area (Å²) < 4.78 is 4.88. The molecular formula is C17H14N2O5. The van der Waals surface area contributed by atoms with E-state index in [-0.39, 0.29) is 25.4 Å². The molecule has 0 radical (unpaired) electrons. The number of rotatable bonds is 6. The molecule has 0 aliphatic carbocycles. The molecule has 2 heterocycles. The van der Waals surface area contributed by atoms with Crippen LogP contribution in [0.4, 0.5) is 0 Å². The minimum absolute atomic E-state index is 0.0815. The molecule has 1 N–H and O–H groups in total. The normalized spacial score (nSPS) is 13.1. The molecule has 0 bridgehead atoms. The molecular weight excluding hydrogens is 312 g/mol. The summed E-state index contributed by atoms with van der Waals surface area (Å²) in [5.74, 6) is -1.85. The highest BCUT2D eigenvalue weighted by molar-refractivity contribution is 6.21. The number of H-pyrrole nitrogens is 1. The van der Waals surface area contributed by atoms with Crippen LogP contribution in [0.1, 0.15) is 37.6 Å². The molecule has 0 fully saturated rings. The number of fused-ring (bicyclic) bond motifs is 1. The van der Waals surface area contributed by atoms with Crippen molar-refractivity contribution in [3.63, 3.8) is 0 Å². The maximum atomic E-state index is 12.1. The summed E-state index contributed by atoms with van der Waals surface area (Å²) in [4.78, 5) is 51.4. The molecule has 7 nitrogen and oxygen atoms in total. The summed E-state index contributed by atoms with van der Waals surface area (Å²) in [6, 6.07) is 9.74. The van der Waals surface area contributed by atoms with Crippen molar-refractivity contribution in [2.45, 2.75) is 6.42 Å². The number of carbonyl (C=O) groups excluding carboxylic acids is 4. The molecule has 1 aromatic heterocycles. The second kappa shape index (κ2) is 6.49. The van der Waals surface area contributed by atoms with E-state index >= 15 is 0 Å². The number of ketones is 1. The molecule has 7 heteroatoms. The fourth-order valence-corrected chi connectivity index (χ4v) is 2.45. The van der Waals surface area contributed by atoms with E-state index in [1.54, 1.807) is 42.6 Å². The van der Waals surface area contributed by atoms with Gasteiger partial charge < -0.3 is 9.72 Å². The van der Waals surface area contributed by atoms with Crippen LogP contribution >= 0.6 is 0 Å². The van der Waals surface area contributed by atoms with E-state index in [0.717, 1.165) is 4.90 Å². The Bertz CT molecular complexity index is 775. The predicted molar refractivity (Wildman–Crippen MR) is 82.5 cm³/mol. The lowest BCUT2D eigenvalue weighted by molar-refractivity contribution is -0.142. The zero-order chi connectivity index (χ0) is 17.1. The predicted octanol–water partition coefficient (Wildman–Crippen LogP) is 1.43. The standard InChI is InChI=1S/C17H14N2O5/c20-14(13-6-3-8-18-13)10-24-15(21)7-9-19-16(22)11-4-1-2-5-12(11)17(19)23/h1-6,8,18H,7,9-10H2. The van der Waals surface area contributed by atoms with E-state index < -0.39 is 17.8 Å². The maximum absolute atomic E-state index is 12.1. The number of nitrogens with zero attached hydrogens (tertiary/aromatic N) is 1. The number of hydrogen-bond donors (Lipinski definition) is 1. The molecule has 24 heavy (non-hydrogen) atoms. The topological polar surface area (TPSA) is 96.5 Å². The summed E-state index contributed by atoms with van der Waals surface area (Å²) in [6.45, 7) is -0.469. The van der Waals surface area contributed by atoms with Crippen LogP contribution in [0.3, 0.4) is 0 Å². The van der Waals surface area contributed by atoms with Crippen LogP contribution in [-0.4, -0.2) is 46.6 Å². The van der Waals surface area contributed by atoms with Gasteiger partial charge in [0, 0.05) is 12.7 Å². The number of ether oxygens (including phenoxy) is 1. The van der Waals surface area contributed by atoms with E-state index in [9.17, 15) is 19.2 Å². The van der Waals surface area contributed by atoms with E-state index in [4.69, 9.17) is 4.74 Å². The van der Waals surface area contributed by atoms with Crippen molar-refractivity contribution in [3.8, 4) is 0 Å². The van der Waals surface area contributed by atoms with Crippen molar-refractivity contribution in [1.29, 1.82) is 0 Å². The quantitative estimate of drug-likeness (QED) is 0.492. The summed E-state index contributed by atoms with van der Waals surface area (Å²) in [5.41, 5.74) is 1.01. The maximum Gasteiger partial charge on any atom is 0.308 e. The first-order valence-corrected chi connectivity index (χ1v) is 7.35. The SMILES string of the molecule is O=C(CCN1C(=O)c2ccccc2C1=O)OCC(=O)c1ccc[nH]1. The number of aromatic nitrogens is 1. The van der Waals surface area contributed by atoms with E-state index in [2.05, 4.69) is 4.98 Å². The molecule has 1 aliphatic heterocycles. The minimum Gasteiger partial charge on any atom is -0.457 e. The van der Waals surface area contributed by atoms with Crippen LogP contribution in [-0.2, 0) is 9.53 Å². The Labute approximate surface area is 137 Å². The first-order chi connectivity index (χ1) is 11.6. The van der Waals surface area contributed by atoms with Crippen LogP contribution in [0.25, 0.3) is 0 Å². The van der Waals surface area contributed by atoms with Gasteiger partial charge in [-0.25, -0.2) is 0 Å². The van der Waals surface area contributed by atoms with Gasteiger partial charge in [0.05, 0.1) is 23.2 Å². The number of nitrogens with one attached hydrogen (secondary N) is 1. The molecule has 1 aromatic carbocycles. The lowest BCUT2D eigenvalue weighted by atomic mass is 10.1. The third-order valence-corrected chi connectivity index (χ3v) is 3.68. The molecule has 122 valence electrons. The van der Waals surface area contributed by atoms with E-state index in [1.807, 2.05) is 0 Å². The van der Waals surface area contributed by atoms with Crippen LogP contribution < -0.4 is 0 Å². The molecule has 0 saturated carbocycles. The Hall–Kier alpha value is -3.22. The third kappa shape index (κ3) is 2.96. The minimum atomic E-state index is -0.647. The number of amides is 2. The Morgan fingerprint density at radius 2 is 1.67 bits per heavy atom. The molecule has 0 atom stereocenters. The molecule has 2 aromatic rings. The van der Waals surface area contributed by atoms with Crippen LogP contribution in [0, 0.1) is 0 Å². The molecule has 1 aliphatic rings. The zero-order valence-corrected chi connectivity index (χ0v) is 12.7. The summed E-state index contributed by atoms with van der Waals surface area (Å²) in [6.07, 6.45) is 1.43. The Balaban J connectivity index is 1.51. The fraction of sp³-hybridized carbons (Fsp3) is 0.176. The van der Waals surface area contributed by atoms with Crippen molar-refractivity contribution >= 4 is 23.6 Å². The van der Waals surface area contributed by atoms with Gasteiger partial charge in [-0.05, 0) is 24.3 Å². The van der Waals surface area contributed by atoms with Gasteiger partial charge in [0.25, 0.3) is 11.8 Å². The number of imide groups is 1. The van der Waals surface area contributed by atoms with E-state index in [1.165, 1.54) is 0 Å². The van der Waals surface area contributed by atoms with Crippen molar-refractivity contribution in [3.05, 3.63) is 59.4 Å². The Kier molecular flexibility index (Phi) is 4.24. The highest BCUT2D eigenvalue weighted by Gasteiger charge is 2.35. The lowest BCUT2D eigenvalue weighted by Crippen LogP contribution is -2.32. The summed E-state index contributed by atoms with van der Waals surface area (Å²) >= 11 is 0. The van der Waals surface area contributed by atoms with Gasteiger partial charge in [0.15, 0.2) is 6.61 Å². The van der Waals surface area contributed by atoms with Crippen molar-refractivity contribution < 1.29 is 23.9 Å². The monoisotopic (exact) mass is 326 g/mol. The second-order valence-corrected chi connectivity index (χ2v) is 5.23. The van der Waals surface area contributed by atoms with Crippen LogP contribution in [0.2, 0.25) is 0 Å². The van der Waals surface area contributed by atoms with Gasteiger partial charge in [0.2, 0.25) is 5.78 Å². The first kappa shape index (κ1) is 15.7. The van der Waals surface area contributed by atoms with Gasteiger partial charge in [-0.2, -0.15) is 0 Å². The molecule has 0 saturated heterocycles. The van der Waals surface area contributed by atoms with Crippen LogP contribution in [0.5, 0.6) is 0 Å². The molecule has 0 unspecified atom stereocenters. The zero-order valence-electron chi connectivity index (χ0n) is 12.7. The summed E-state index contributed by atoms with van der Waals surface area (Å²) in [5, 5.41) is 0.